The fourth-order valence-electron chi connectivity index (χ4n) is 1.29. The van der Waals surface area contributed by atoms with Crippen molar-refractivity contribution in [2.45, 2.75) is 10.6 Å². The molecule has 0 fully saturated rings. The van der Waals surface area contributed by atoms with Gasteiger partial charge in [-0.2, -0.15) is 0 Å². The zero-order valence-corrected chi connectivity index (χ0v) is 6.64. The first-order chi connectivity index (χ1) is 5.29. The van der Waals surface area contributed by atoms with Gasteiger partial charge in [0.05, 0.1) is 0 Å². The largest absolute Gasteiger partial charge is 0.489 e. The average molecular weight is 166 g/mol. The molecule has 0 saturated heterocycles. The lowest BCUT2D eigenvalue weighted by molar-refractivity contribution is 0.425. The third-order valence-electron chi connectivity index (χ3n) is 1.80. The molecule has 2 bridgehead atoms. The van der Waals surface area contributed by atoms with Crippen LogP contribution >= 0.6 is 11.8 Å². The average Bonchev–Trinajstić information content (AvgIpc) is 2.23. The van der Waals surface area contributed by atoms with Crippen molar-refractivity contribution in [3.05, 3.63) is 23.8 Å². The van der Waals surface area contributed by atoms with E-state index in [0.29, 0.717) is 5.46 Å². The van der Waals surface area contributed by atoms with E-state index in [9.17, 15) is 0 Å². The molecule has 1 aromatic carbocycles. The summed E-state index contributed by atoms with van der Waals surface area (Å²) in [5.74, 6) is 0.870. The van der Waals surface area contributed by atoms with Gasteiger partial charge in [-0.1, -0.05) is 12.1 Å². The fraction of sp³-hybridized carbons (Fsp3) is 0.143. The molecule has 56 valence electrons. The highest BCUT2D eigenvalue weighted by Gasteiger charge is 2.24. The Labute approximate surface area is 69.4 Å². The molecule has 1 aliphatic rings. The van der Waals surface area contributed by atoms with Crippen molar-refractivity contribution in [1.82, 2.24) is 0 Å². The first kappa shape index (κ1) is 7.22. The maximum Gasteiger partial charge on any atom is 0.489 e. The summed E-state index contributed by atoms with van der Waals surface area (Å²) in [6.45, 7) is 0. The Morgan fingerprint density at radius 2 is 2.18 bits per heavy atom. The molecule has 2 N–H and O–H groups in total. The van der Waals surface area contributed by atoms with Crippen LogP contribution in [0, 0.1) is 0 Å². The van der Waals surface area contributed by atoms with Crippen molar-refractivity contribution < 1.29 is 10.0 Å². The molecule has 1 aliphatic heterocycles. The summed E-state index contributed by atoms with van der Waals surface area (Å²) in [5, 5.41) is 17.9. The number of rotatable bonds is 1. The molecule has 0 unspecified atom stereocenters. The number of fused-ring (bicyclic) bond motifs is 2. The Balaban J connectivity index is 2.56. The summed E-state index contributed by atoms with van der Waals surface area (Å²) in [4.78, 5) is 0.998. The van der Waals surface area contributed by atoms with Gasteiger partial charge in [-0.05, 0) is 17.1 Å². The van der Waals surface area contributed by atoms with Crippen LogP contribution in [0.4, 0.5) is 0 Å². The highest BCUT2D eigenvalue weighted by molar-refractivity contribution is 7.99. The van der Waals surface area contributed by atoms with Crippen molar-refractivity contribution in [3.63, 3.8) is 0 Å². The van der Waals surface area contributed by atoms with Crippen LogP contribution in [0.5, 0.6) is 0 Å². The second-order valence-electron chi connectivity index (χ2n) is 2.49. The van der Waals surface area contributed by atoms with Crippen molar-refractivity contribution in [1.29, 1.82) is 0 Å². The molecule has 0 aromatic heterocycles. The van der Waals surface area contributed by atoms with Crippen LogP contribution in [0.15, 0.2) is 23.1 Å². The molecule has 2 nitrogen and oxygen atoms in total. The van der Waals surface area contributed by atoms with Crippen LogP contribution in [0.3, 0.4) is 0 Å². The molecule has 0 aliphatic carbocycles. The van der Waals surface area contributed by atoms with Crippen LogP contribution in [-0.4, -0.2) is 17.2 Å². The van der Waals surface area contributed by atoms with Gasteiger partial charge in [0.15, 0.2) is 0 Å². The predicted molar refractivity (Wildman–Crippen MR) is 45.8 cm³/mol. The third kappa shape index (κ3) is 1.07. The van der Waals surface area contributed by atoms with Gasteiger partial charge in [0.1, 0.15) is 0 Å². The maximum atomic E-state index is 8.97. The number of thioether (sulfide) groups is 1. The lowest BCUT2D eigenvalue weighted by atomic mass is 9.77. The first-order valence-corrected chi connectivity index (χ1v) is 4.38. The van der Waals surface area contributed by atoms with E-state index in [2.05, 4.69) is 0 Å². The zero-order valence-electron chi connectivity index (χ0n) is 5.82. The minimum atomic E-state index is -1.31. The number of hydrogen-bond acceptors (Lipinski definition) is 3. The first-order valence-electron chi connectivity index (χ1n) is 3.40. The van der Waals surface area contributed by atoms with Crippen molar-refractivity contribution in [3.8, 4) is 0 Å². The van der Waals surface area contributed by atoms with E-state index in [1.54, 1.807) is 11.8 Å². The molecular formula is C7H7BO2S. The van der Waals surface area contributed by atoms with E-state index in [4.69, 9.17) is 10.0 Å². The molecule has 0 radical (unpaired) electrons. The highest BCUT2D eigenvalue weighted by atomic mass is 32.2. The van der Waals surface area contributed by atoms with Gasteiger partial charge in [-0.3, -0.25) is 0 Å². The zero-order chi connectivity index (χ0) is 7.84. The quantitative estimate of drug-likeness (QED) is 0.575. The van der Waals surface area contributed by atoms with Gasteiger partial charge >= 0.3 is 7.12 Å². The van der Waals surface area contributed by atoms with Gasteiger partial charge in [0.2, 0.25) is 0 Å². The molecule has 0 atom stereocenters. The molecule has 0 amide bonds. The lowest BCUT2D eigenvalue weighted by Crippen LogP contribution is -2.32. The van der Waals surface area contributed by atoms with Crippen molar-refractivity contribution >= 4 is 24.3 Å². The van der Waals surface area contributed by atoms with E-state index in [1.807, 2.05) is 18.2 Å². The smallest absolute Gasteiger partial charge is 0.423 e. The predicted octanol–water partition coefficient (Wildman–Crippen LogP) is -0.0279. The molecular weight excluding hydrogens is 159 g/mol. The highest BCUT2D eigenvalue weighted by Crippen LogP contribution is 2.28. The molecule has 1 aromatic rings. The van der Waals surface area contributed by atoms with Crippen LogP contribution < -0.4 is 5.46 Å². The molecule has 0 saturated carbocycles. The monoisotopic (exact) mass is 166 g/mol. The van der Waals surface area contributed by atoms with Gasteiger partial charge in [0, 0.05) is 10.6 Å². The SMILES string of the molecule is OB(O)c1c2cccc1SC2. The topological polar surface area (TPSA) is 40.5 Å². The number of hydrogen-bond donors (Lipinski definition) is 2. The summed E-state index contributed by atoms with van der Waals surface area (Å²) >= 11 is 1.65. The summed E-state index contributed by atoms with van der Waals surface area (Å²) in [6.07, 6.45) is 0. The summed E-state index contributed by atoms with van der Waals surface area (Å²) in [6, 6.07) is 5.78. The van der Waals surface area contributed by atoms with E-state index in [0.717, 1.165) is 16.2 Å². The normalized spacial score (nSPS) is 13.6. The molecule has 4 heteroatoms. The van der Waals surface area contributed by atoms with Gasteiger partial charge < -0.3 is 10.0 Å². The Kier molecular flexibility index (Phi) is 1.67. The van der Waals surface area contributed by atoms with Crippen LogP contribution in [0.25, 0.3) is 0 Å². The van der Waals surface area contributed by atoms with Crippen molar-refractivity contribution in [2.75, 3.05) is 0 Å². The van der Waals surface area contributed by atoms with Crippen LogP contribution in [0.2, 0.25) is 0 Å². The van der Waals surface area contributed by atoms with E-state index in [-0.39, 0.29) is 0 Å². The van der Waals surface area contributed by atoms with Crippen LogP contribution in [-0.2, 0) is 5.75 Å². The molecule has 11 heavy (non-hydrogen) atoms. The minimum absolute atomic E-state index is 0.692. The maximum absolute atomic E-state index is 8.97. The standard InChI is InChI=1S/C7H7BO2S/c9-8(10)7-5-2-1-3-6(7)11-4-5/h1-3,9-10H,4H2. The van der Waals surface area contributed by atoms with Crippen molar-refractivity contribution in [2.24, 2.45) is 0 Å². The number of benzene rings is 1. The summed E-state index contributed by atoms with van der Waals surface area (Å²) < 4.78 is 0. The fourth-order valence-corrected chi connectivity index (χ4v) is 2.42. The summed E-state index contributed by atoms with van der Waals surface area (Å²) in [7, 11) is -1.31. The summed E-state index contributed by atoms with van der Waals surface area (Å²) in [5.41, 5.74) is 1.74. The minimum Gasteiger partial charge on any atom is -0.423 e. The van der Waals surface area contributed by atoms with E-state index < -0.39 is 7.12 Å². The molecule has 1 heterocycles. The Morgan fingerprint density at radius 1 is 1.36 bits per heavy atom. The Hall–Kier alpha value is -0.445. The van der Waals surface area contributed by atoms with Gasteiger partial charge in [-0.15, -0.1) is 11.8 Å². The van der Waals surface area contributed by atoms with Gasteiger partial charge in [0.25, 0.3) is 0 Å². The second kappa shape index (κ2) is 2.55. The van der Waals surface area contributed by atoms with E-state index in [1.165, 1.54) is 0 Å². The van der Waals surface area contributed by atoms with Gasteiger partial charge in [-0.25, -0.2) is 0 Å². The van der Waals surface area contributed by atoms with Crippen LogP contribution in [0.1, 0.15) is 5.56 Å². The lowest BCUT2D eigenvalue weighted by Gasteiger charge is -2.00. The third-order valence-corrected chi connectivity index (χ3v) is 2.92. The molecule has 2 rings (SSSR count). The second-order valence-corrected chi connectivity index (χ2v) is 3.51. The Bertz CT molecular complexity index is 266. The van der Waals surface area contributed by atoms with E-state index >= 15 is 0 Å². The molecule has 0 spiro atoms. The Morgan fingerprint density at radius 3 is 2.73 bits per heavy atom.